The Bertz CT molecular complexity index is 1630. The van der Waals surface area contributed by atoms with Crippen molar-refractivity contribution < 1.29 is 49.8 Å². The Morgan fingerprint density at radius 3 is 1.35 bits per heavy atom. The number of aliphatic hydroxyl groups excluding tert-OH is 4. The average Bonchev–Trinajstić information content (AvgIpc) is 3.54. The van der Waals surface area contributed by atoms with Gasteiger partial charge in [0.2, 0.25) is 0 Å². The molecule has 0 heterocycles. The summed E-state index contributed by atoms with van der Waals surface area (Å²) in [6, 6.07) is 0. The number of aliphatic hydroxyl groups is 6. The van der Waals surface area contributed by atoms with Gasteiger partial charge in [-0.15, -0.1) is 0 Å². The van der Waals surface area contributed by atoms with Crippen molar-refractivity contribution in [1.29, 1.82) is 0 Å². The molecule has 0 aromatic rings. The molecule has 8 aliphatic rings. The smallest absolute Gasteiger partial charge is 0.190 e. The van der Waals surface area contributed by atoms with E-state index >= 15 is 0 Å². The number of fused-ring (bicyclic) bond motifs is 10. The molecule has 10 heteroatoms. The van der Waals surface area contributed by atoms with Crippen LogP contribution in [0.15, 0.2) is 47.6 Å². The Kier molecular flexibility index (Phi) is 9.51. The van der Waals surface area contributed by atoms with Gasteiger partial charge in [-0.05, 0) is 111 Å². The molecule has 8 aliphatic carbocycles. The lowest BCUT2D eigenvalue weighted by atomic mass is 9.45. The number of ketones is 4. The van der Waals surface area contributed by atoms with Gasteiger partial charge in [-0.3, -0.25) is 19.2 Å². The minimum Gasteiger partial charge on any atom is -0.393 e. The summed E-state index contributed by atoms with van der Waals surface area (Å²) in [7, 11) is 0. The van der Waals surface area contributed by atoms with E-state index in [1.54, 1.807) is 24.3 Å². The zero-order chi connectivity index (χ0) is 39.6. The van der Waals surface area contributed by atoms with Gasteiger partial charge in [-0.2, -0.15) is 0 Å². The van der Waals surface area contributed by atoms with Crippen LogP contribution in [0.3, 0.4) is 0 Å². The number of Topliss-reactive ketones (excluding diaryl/α,β-unsaturated/α-hetero) is 2. The summed E-state index contributed by atoms with van der Waals surface area (Å²) < 4.78 is 0. The van der Waals surface area contributed by atoms with Gasteiger partial charge in [0, 0.05) is 33.5 Å². The predicted octanol–water partition coefficient (Wildman–Crippen LogP) is 3.61. The van der Waals surface area contributed by atoms with Gasteiger partial charge in [0.15, 0.2) is 23.1 Å². The molecule has 0 radical (unpaired) electrons. The van der Waals surface area contributed by atoms with Crippen LogP contribution in [-0.4, -0.2) is 90.4 Å². The molecule has 6 fully saturated rings. The molecule has 0 saturated heterocycles. The van der Waals surface area contributed by atoms with Crippen LogP contribution >= 0.6 is 0 Å². The zero-order valence-corrected chi connectivity index (χ0v) is 32.6. The number of carbonyl (C=O) groups excluding carboxylic acids is 4. The molecule has 0 aromatic heterocycles. The maximum atomic E-state index is 12.4. The minimum absolute atomic E-state index is 0.00620. The van der Waals surface area contributed by atoms with Gasteiger partial charge in [0.05, 0.1) is 12.2 Å². The highest BCUT2D eigenvalue weighted by atomic mass is 16.3. The first-order valence-electron chi connectivity index (χ1n) is 20.2. The molecule has 16 atom stereocenters. The molecule has 8 rings (SSSR count). The Morgan fingerprint density at radius 2 is 1.02 bits per heavy atom. The van der Waals surface area contributed by atoms with E-state index in [4.69, 9.17) is 0 Å². The number of hydrogen-bond acceptors (Lipinski definition) is 10. The van der Waals surface area contributed by atoms with Crippen LogP contribution in [0, 0.1) is 69.0 Å². The largest absolute Gasteiger partial charge is 0.393 e. The Morgan fingerprint density at radius 1 is 0.667 bits per heavy atom. The molecule has 0 spiro atoms. The second-order valence-electron chi connectivity index (χ2n) is 19.4. The van der Waals surface area contributed by atoms with Crippen LogP contribution in [0.25, 0.3) is 0 Å². The fraction of sp³-hybridized carbons (Fsp3) is 0.727. The summed E-state index contributed by atoms with van der Waals surface area (Å²) in [5.74, 6) is -0.154. The second-order valence-corrected chi connectivity index (χ2v) is 19.4. The third-order valence-electron chi connectivity index (χ3n) is 17.1. The third-order valence-corrected chi connectivity index (χ3v) is 17.1. The number of hydrogen-bond donors (Lipinski definition) is 6. The van der Waals surface area contributed by atoms with E-state index in [0.29, 0.717) is 25.7 Å². The lowest BCUT2D eigenvalue weighted by Crippen LogP contribution is -2.62. The Balaban J connectivity index is 0.000000167. The van der Waals surface area contributed by atoms with Gasteiger partial charge in [-0.25, -0.2) is 0 Å². The second kappa shape index (κ2) is 13.0. The van der Waals surface area contributed by atoms with Crippen LogP contribution in [0.2, 0.25) is 0 Å². The van der Waals surface area contributed by atoms with Gasteiger partial charge < -0.3 is 30.6 Å². The lowest BCUT2D eigenvalue weighted by Gasteiger charge is -2.60. The standard InChI is InChI=1S/2C22H30O5/c2*1-12-8-14-15-5-7-22(27,18(26)11-23)21(15,3)10-17(25)19(14)20(2)6-4-13(24)9-16(12)20/h2*4,6,9,12,14-15,17,19,23,25,27H,5,7-8,10-11H2,1-3H3/t2*12-,14-,15-,17-,19+,20-,21-,22-/m00/s1. The highest BCUT2D eigenvalue weighted by Crippen LogP contribution is 2.69. The quantitative estimate of drug-likeness (QED) is 0.248. The summed E-state index contributed by atoms with van der Waals surface area (Å²) in [5.41, 5.74) is -3.18. The van der Waals surface area contributed by atoms with E-state index in [1.165, 1.54) is 0 Å². The normalized spacial score (nSPS) is 51.3. The first kappa shape index (κ1) is 39.6. The molecule has 6 saturated carbocycles. The molecule has 6 N–H and O–H groups in total. The summed E-state index contributed by atoms with van der Waals surface area (Å²) in [5, 5.41) is 63.7. The van der Waals surface area contributed by atoms with E-state index < -0.39 is 59.0 Å². The van der Waals surface area contributed by atoms with Crippen molar-refractivity contribution in [3.63, 3.8) is 0 Å². The van der Waals surface area contributed by atoms with Crippen molar-refractivity contribution >= 4 is 23.1 Å². The molecule has 0 amide bonds. The summed E-state index contributed by atoms with van der Waals surface area (Å²) in [4.78, 5) is 48.7. The Hall–Kier alpha value is -2.60. The van der Waals surface area contributed by atoms with Gasteiger partial charge >= 0.3 is 0 Å². The molecule has 54 heavy (non-hydrogen) atoms. The summed E-state index contributed by atoms with van der Waals surface area (Å²) >= 11 is 0. The fourth-order valence-electron chi connectivity index (χ4n) is 14.7. The van der Waals surface area contributed by atoms with Gasteiger partial charge in [-0.1, -0.05) is 64.8 Å². The van der Waals surface area contributed by atoms with E-state index in [9.17, 15) is 49.8 Å². The molecule has 10 nitrogen and oxygen atoms in total. The molecule has 0 bridgehead atoms. The minimum atomic E-state index is -1.57. The van der Waals surface area contributed by atoms with E-state index in [-0.39, 0.29) is 69.7 Å². The first-order valence-corrected chi connectivity index (χ1v) is 20.2. The van der Waals surface area contributed by atoms with Crippen molar-refractivity contribution in [3.05, 3.63) is 47.6 Å². The SMILES string of the molecule is C[C@H]1C[C@@H]2[C@H]([C@@H](O)C[C@@]3(C)[C@H]2CC[C@]3(O)C(=O)CO)[C@@]2(C)C=CC(=O)C=C12.C[C@H]1C[C@@H]2[C@H]([C@@H](O)C[C@@]3(C)[C@H]2CC[C@]3(O)C(=O)CO)[C@@]2(C)C=CC(=O)C=C12. The van der Waals surface area contributed by atoms with Crippen LogP contribution in [0.1, 0.15) is 92.9 Å². The topological polar surface area (TPSA) is 190 Å². The lowest BCUT2D eigenvalue weighted by molar-refractivity contribution is -0.180. The highest BCUT2D eigenvalue weighted by Gasteiger charge is 2.70. The molecule has 296 valence electrons. The van der Waals surface area contributed by atoms with Crippen LogP contribution < -0.4 is 0 Å². The molecule has 0 aromatic carbocycles. The average molecular weight is 749 g/mol. The molecular formula is C44H60O10. The van der Waals surface area contributed by atoms with Crippen molar-refractivity contribution in [2.45, 2.75) is 116 Å². The van der Waals surface area contributed by atoms with Crippen LogP contribution in [-0.2, 0) is 19.2 Å². The molecule has 0 unspecified atom stereocenters. The number of rotatable bonds is 4. The third kappa shape index (κ3) is 5.18. The maximum absolute atomic E-state index is 12.4. The van der Waals surface area contributed by atoms with E-state index in [2.05, 4.69) is 27.7 Å². The van der Waals surface area contributed by atoms with Gasteiger partial charge in [0.1, 0.15) is 24.4 Å². The zero-order valence-electron chi connectivity index (χ0n) is 32.6. The monoisotopic (exact) mass is 748 g/mol. The first-order chi connectivity index (χ1) is 25.2. The van der Waals surface area contributed by atoms with Crippen molar-refractivity contribution in [2.75, 3.05) is 13.2 Å². The van der Waals surface area contributed by atoms with Crippen molar-refractivity contribution in [1.82, 2.24) is 0 Å². The van der Waals surface area contributed by atoms with Crippen LogP contribution in [0.5, 0.6) is 0 Å². The van der Waals surface area contributed by atoms with Crippen LogP contribution in [0.4, 0.5) is 0 Å². The molecule has 0 aliphatic heterocycles. The fourth-order valence-corrected chi connectivity index (χ4v) is 14.7. The van der Waals surface area contributed by atoms with Crippen molar-refractivity contribution in [2.24, 2.45) is 69.0 Å². The predicted molar refractivity (Wildman–Crippen MR) is 199 cm³/mol. The van der Waals surface area contributed by atoms with Gasteiger partial charge in [0.25, 0.3) is 0 Å². The maximum Gasteiger partial charge on any atom is 0.190 e. The van der Waals surface area contributed by atoms with E-state index in [0.717, 1.165) is 36.8 Å². The molecular weight excluding hydrogens is 688 g/mol. The Labute approximate surface area is 318 Å². The summed E-state index contributed by atoms with van der Waals surface area (Å²) in [6.07, 6.45) is 13.7. The number of allylic oxidation sites excluding steroid dienone is 8. The van der Waals surface area contributed by atoms with Crippen molar-refractivity contribution in [3.8, 4) is 0 Å². The summed E-state index contributed by atoms with van der Waals surface area (Å²) in [6.45, 7) is 11.0. The van der Waals surface area contributed by atoms with E-state index in [1.807, 2.05) is 26.0 Å². The highest BCUT2D eigenvalue weighted by molar-refractivity contribution is 6.02. The number of carbonyl (C=O) groups is 4.